The Morgan fingerprint density at radius 2 is 2.24 bits per heavy atom. The molecular formula is C11H8ClNO2S2. The summed E-state index contributed by atoms with van der Waals surface area (Å²) in [4.78, 5) is 13.7. The molecule has 0 atom stereocenters. The molecule has 1 amide bonds. The summed E-state index contributed by atoms with van der Waals surface area (Å²) < 4.78 is 0.533. The third-order valence-electron chi connectivity index (χ3n) is 2.26. The van der Waals surface area contributed by atoms with Crippen LogP contribution < -0.4 is 0 Å². The van der Waals surface area contributed by atoms with Gasteiger partial charge in [0.15, 0.2) is 0 Å². The molecule has 0 saturated carbocycles. The lowest BCUT2D eigenvalue weighted by Gasteiger charge is -2.03. The number of aromatic hydroxyl groups is 1. The Hall–Kier alpha value is -1.04. The highest BCUT2D eigenvalue weighted by Gasteiger charge is 2.28. The monoisotopic (exact) mass is 285 g/mol. The Labute approximate surface area is 113 Å². The van der Waals surface area contributed by atoms with Crippen molar-refractivity contribution in [2.45, 2.75) is 0 Å². The normalized spacial score (nSPS) is 18.2. The summed E-state index contributed by atoms with van der Waals surface area (Å²) in [5, 5.41) is 9.54. The van der Waals surface area contributed by atoms with Crippen molar-refractivity contribution in [2.75, 3.05) is 7.05 Å². The molecular weight excluding hydrogens is 278 g/mol. The minimum atomic E-state index is -0.121. The van der Waals surface area contributed by atoms with E-state index in [0.29, 0.717) is 9.23 Å². The third kappa shape index (κ3) is 2.46. The van der Waals surface area contributed by atoms with Gasteiger partial charge in [0.25, 0.3) is 5.91 Å². The molecule has 88 valence electrons. The number of phenols is 1. The highest BCUT2D eigenvalue weighted by Crippen LogP contribution is 2.32. The number of benzene rings is 1. The Balaban J connectivity index is 2.34. The Morgan fingerprint density at radius 1 is 1.53 bits per heavy atom. The molecule has 1 aromatic rings. The largest absolute Gasteiger partial charge is 0.506 e. The van der Waals surface area contributed by atoms with Crippen LogP contribution in [-0.2, 0) is 4.79 Å². The average Bonchev–Trinajstić information content (AvgIpc) is 2.52. The van der Waals surface area contributed by atoms with Gasteiger partial charge in [0.2, 0.25) is 0 Å². The quantitative estimate of drug-likeness (QED) is 0.636. The lowest BCUT2D eigenvalue weighted by atomic mass is 10.2. The van der Waals surface area contributed by atoms with Gasteiger partial charge < -0.3 is 5.11 Å². The van der Waals surface area contributed by atoms with Gasteiger partial charge in [0, 0.05) is 7.05 Å². The zero-order valence-electron chi connectivity index (χ0n) is 8.81. The van der Waals surface area contributed by atoms with Crippen molar-refractivity contribution in [1.82, 2.24) is 4.90 Å². The van der Waals surface area contributed by atoms with E-state index in [1.165, 1.54) is 22.7 Å². The van der Waals surface area contributed by atoms with Gasteiger partial charge in [-0.1, -0.05) is 41.6 Å². The molecule has 1 N–H and O–H groups in total. The van der Waals surface area contributed by atoms with Gasteiger partial charge in [-0.05, 0) is 23.8 Å². The van der Waals surface area contributed by atoms with Gasteiger partial charge in [-0.3, -0.25) is 9.69 Å². The summed E-state index contributed by atoms with van der Waals surface area (Å²) in [7, 11) is 1.64. The Bertz CT molecular complexity index is 542. The molecule has 0 spiro atoms. The standard InChI is InChI=1S/C11H8ClNO2S2/c1-13-10(15)9(17-11(13)16)5-6-2-3-8(14)7(12)4-6/h2-5,14H,1H3/b9-5-. The van der Waals surface area contributed by atoms with Crippen LogP contribution in [0.4, 0.5) is 0 Å². The molecule has 1 aliphatic heterocycles. The molecule has 1 aromatic carbocycles. The van der Waals surface area contributed by atoms with E-state index in [1.54, 1.807) is 25.3 Å². The first-order valence-electron chi connectivity index (χ1n) is 4.69. The smallest absolute Gasteiger partial charge is 0.265 e. The minimum Gasteiger partial charge on any atom is -0.506 e. The van der Waals surface area contributed by atoms with E-state index in [-0.39, 0.29) is 16.7 Å². The lowest BCUT2D eigenvalue weighted by Crippen LogP contribution is -2.22. The number of thioether (sulfide) groups is 1. The predicted molar refractivity (Wildman–Crippen MR) is 74.1 cm³/mol. The number of carbonyl (C=O) groups excluding carboxylic acids is 1. The van der Waals surface area contributed by atoms with E-state index >= 15 is 0 Å². The molecule has 0 bridgehead atoms. The summed E-state index contributed by atoms with van der Waals surface area (Å²) in [5.41, 5.74) is 0.752. The average molecular weight is 286 g/mol. The van der Waals surface area contributed by atoms with Crippen LogP contribution in [0.2, 0.25) is 5.02 Å². The van der Waals surface area contributed by atoms with Gasteiger partial charge in [0.05, 0.1) is 9.93 Å². The maximum absolute atomic E-state index is 11.7. The van der Waals surface area contributed by atoms with E-state index in [4.69, 9.17) is 23.8 Å². The second kappa shape index (κ2) is 4.68. The summed E-state index contributed by atoms with van der Waals surface area (Å²) in [6, 6.07) is 4.77. The third-order valence-corrected chi connectivity index (χ3v) is 4.04. The summed E-state index contributed by atoms with van der Waals surface area (Å²) >= 11 is 12.1. The number of hydrogen-bond donors (Lipinski definition) is 1. The molecule has 1 aliphatic rings. The number of halogens is 1. The van der Waals surface area contributed by atoms with Crippen LogP contribution >= 0.6 is 35.6 Å². The first kappa shape index (κ1) is 12.4. The highest BCUT2D eigenvalue weighted by atomic mass is 35.5. The van der Waals surface area contributed by atoms with Gasteiger partial charge in [-0.2, -0.15) is 0 Å². The highest BCUT2D eigenvalue weighted by molar-refractivity contribution is 8.26. The molecule has 0 aromatic heterocycles. The topological polar surface area (TPSA) is 40.5 Å². The number of carbonyl (C=O) groups is 1. The SMILES string of the molecule is CN1C(=O)/C(=C/c2ccc(O)c(Cl)c2)SC1=S. The lowest BCUT2D eigenvalue weighted by molar-refractivity contribution is -0.121. The maximum atomic E-state index is 11.7. The zero-order chi connectivity index (χ0) is 12.6. The maximum Gasteiger partial charge on any atom is 0.265 e. The van der Waals surface area contributed by atoms with Crippen molar-refractivity contribution in [3.05, 3.63) is 33.7 Å². The van der Waals surface area contributed by atoms with E-state index in [9.17, 15) is 9.90 Å². The van der Waals surface area contributed by atoms with Crippen LogP contribution in [0.25, 0.3) is 6.08 Å². The molecule has 0 radical (unpaired) electrons. The molecule has 17 heavy (non-hydrogen) atoms. The molecule has 6 heteroatoms. The molecule has 1 saturated heterocycles. The summed E-state index contributed by atoms with van der Waals surface area (Å²) in [6.45, 7) is 0. The summed E-state index contributed by atoms with van der Waals surface area (Å²) in [6.07, 6.45) is 1.70. The molecule has 0 unspecified atom stereocenters. The van der Waals surface area contributed by atoms with Gasteiger partial charge in [-0.15, -0.1) is 0 Å². The molecule has 1 fully saturated rings. The van der Waals surface area contributed by atoms with E-state index < -0.39 is 0 Å². The molecule has 3 nitrogen and oxygen atoms in total. The number of nitrogens with zero attached hydrogens (tertiary/aromatic N) is 1. The summed E-state index contributed by atoms with van der Waals surface area (Å²) in [5.74, 6) is -0.101. The van der Waals surface area contributed by atoms with Crippen LogP contribution in [0.5, 0.6) is 5.75 Å². The Morgan fingerprint density at radius 3 is 2.76 bits per heavy atom. The van der Waals surface area contributed by atoms with Crippen molar-refractivity contribution < 1.29 is 9.90 Å². The van der Waals surface area contributed by atoms with Crippen molar-refractivity contribution in [2.24, 2.45) is 0 Å². The fourth-order valence-electron chi connectivity index (χ4n) is 1.31. The van der Waals surface area contributed by atoms with E-state index in [1.807, 2.05) is 0 Å². The van der Waals surface area contributed by atoms with Crippen LogP contribution in [-0.4, -0.2) is 27.3 Å². The number of phenolic OH excluding ortho intramolecular Hbond substituents is 1. The fourth-order valence-corrected chi connectivity index (χ4v) is 2.68. The van der Waals surface area contributed by atoms with Crippen LogP contribution in [0.15, 0.2) is 23.1 Å². The van der Waals surface area contributed by atoms with E-state index in [2.05, 4.69) is 0 Å². The second-order valence-electron chi connectivity index (χ2n) is 3.45. The van der Waals surface area contributed by atoms with Crippen LogP contribution in [0.1, 0.15) is 5.56 Å². The van der Waals surface area contributed by atoms with E-state index in [0.717, 1.165) is 5.56 Å². The number of thiocarbonyl (C=S) groups is 1. The second-order valence-corrected chi connectivity index (χ2v) is 5.53. The van der Waals surface area contributed by atoms with Crippen LogP contribution in [0, 0.1) is 0 Å². The number of hydrogen-bond acceptors (Lipinski definition) is 4. The Kier molecular flexibility index (Phi) is 3.42. The molecule has 2 rings (SSSR count). The first-order chi connectivity index (χ1) is 7.99. The van der Waals surface area contributed by atoms with Crippen molar-refractivity contribution in [3.63, 3.8) is 0 Å². The van der Waals surface area contributed by atoms with Crippen molar-refractivity contribution in [3.8, 4) is 5.75 Å². The number of likely N-dealkylation sites (N-methyl/N-ethyl adjacent to an activating group) is 1. The zero-order valence-corrected chi connectivity index (χ0v) is 11.2. The predicted octanol–water partition coefficient (Wildman–Crippen LogP) is 2.88. The van der Waals surface area contributed by atoms with Gasteiger partial charge >= 0.3 is 0 Å². The first-order valence-corrected chi connectivity index (χ1v) is 6.29. The molecule has 1 heterocycles. The number of amides is 1. The van der Waals surface area contributed by atoms with Crippen LogP contribution in [0.3, 0.4) is 0 Å². The van der Waals surface area contributed by atoms with Crippen molar-refractivity contribution in [1.29, 1.82) is 0 Å². The minimum absolute atomic E-state index is 0.0202. The number of rotatable bonds is 1. The van der Waals surface area contributed by atoms with Gasteiger partial charge in [-0.25, -0.2) is 0 Å². The van der Waals surface area contributed by atoms with Crippen molar-refractivity contribution >= 4 is 51.9 Å². The van der Waals surface area contributed by atoms with Gasteiger partial charge in [0.1, 0.15) is 10.1 Å². The molecule has 0 aliphatic carbocycles. The fraction of sp³-hybridized carbons (Fsp3) is 0.0909.